The average molecular weight is 347 g/mol. The van der Waals surface area contributed by atoms with E-state index in [1.807, 2.05) is 6.07 Å². The summed E-state index contributed by atoms with van der Waals surface area (Å²) in [5, 5.41) is 3.15. The highest BCUT2D eigenvalue weighted by molar-refractivity contribution is 6.32. The van der Waals surface area contributed by atoms with Crippen molar-refractivity contribution in [1.29, 1.82) is 0 Å². The fourth-order valence-corrected chi connectivity index (χ4v) is 2.66. The fourth-order valence-electron chi connectivity index (χ4n) is 2.41. The van der Waals surface area contributed by atoms with E-state index in [0.29, 0.717) is 27.6 Å². The maximum Gasteiger partial charge on any atom is 0.419 e. The fraction of sp³-hybridized carbons (Fsp3) is 0.176. The highest BCUT2D eigenvalue weighted by Gasteiger charge is 2.11. The molecular weight excluding hydrogens is 332 g/mol. The summed E-state index contributed by atoms with van der Waals surface area (Å²) in [4.78, 5) is 23.9. The maximum atomic E-state index is 12.1. The molecule has 0 unspecified atom stereocenters. The highest BCUT2D eigenvalue weighted by Crippen LogP contribution is 2.27. The van der Waals surface area contributed by atoms with Gasteiger partial charge in [-0.3, -0.25) is 9.36 Å². The number of carbonyl (C=O) groups excluding carboxylic acids is 1. The first-order valence-corrected chi connectivity index (χ1v) is 7.68. The van der Waals surface area contributed by atoms with Gasteiger partial charge in [0.25, 0.3) is 0 Å². The molecule has 0 saturated heterocycles. The van der Waals surface area contributed by atoms with Crippen LogP contribution in [0.4, 0.5) is 5.69 Å². The zero-order valence-corrected chi connectivity index (χ0v) is 13.7. The Morgan fingerprint density at radius 3 is 2.83 bits per heavy atom. The number of rotatable bonds is 5. The quantitative estimate of drug-likeness (QED) is 0.769. The normalized spacial score (nSPS) is 10.8. The van der Waals surface area contributed by atoms with Gasteiger partial charge in [-0.25, -0.2) is 4.79 Å². The summed E-state index contributed by atoms with van der Waals surface area (Å²) in [5.41, 5.74) is 1.74. The van der Waals surface area contributed by atoms with E-state index in [1.54, 1.807) is 36.4 Å². The molecule has 3 rings (SSSR count). The third-order valence-electron chi connectivity index (χ3n) is 3.57. The number of aromatic nitrogens is 1. The van der Waals surface area contributed by atoms with E-state index in [0.717, 1.165) is 0 Å². The molecule has 1 heterocycles. The lowest BCUT2D eigenvalue weighted by Crippen LogP contribution is -2.19. The van der Waals surface area contributed by atoms with Gasteiger partial charge in [-0.05, 0) is 30.3 Å². The summed E-state index contributed by atoms with van der Waals surface area (Å²) < 4.78 is 11.6. The number of fused-ring (bicyclic) bond motifs is 1. The summed E-state index contributed by atoms with van der Waals surface area (Å²) in [6.07, 6.45) is 0.132. The van der Waals surface area contributed by atoms with Crippen molar-refractivity contribution in [3.05, 3.63) is 58.0 Å². The lowest BCUT2D eigenvalue weighted by molar-refractivity contribution is -0.116. The summed E-state index contributed by atoms with van der Waals surface area (Å²) >= 11 is 6.02. The van der Waals surface area contributed by atoms with Crippen molar-refractivity contribution in [2.24, 2.45) is 0 Å². The lowest BCUT2D eigenvalue weighted by Gasteiger charge is -2.08. The van der Waals surface area contributed by atoms with E-state index in [1.165, 1.54) is 11.7 Å². The van der Waals surface area contributed by atoms with Crippen molar-refractivity contribution < 1.29 is 13.9 Å². The molecule has 2 aromatic carbocycles. The maximum absolute atomic E-state index is 12.1. The van der Waals surface area contributed by atoms with E-state index in [4.69, 9.17) is 20.8 Å². The smallest absolute Gasteiger partial charge is 0.419 e. The Bertz CT molecular complexity index is 945. The number of carbonyl (C=O) groups is 1. The van der Waals surface area contributed by atoms with Crippen molar-refractivity contribution in [2.45, 2.75) is 13.0 Å². The molecule has 0 atom stereocenters. The van der Waals surface area contributed by atoms with E-state index in [2.05, 4.69) is 5.32 Å². The van der Waals surface area contributed by atoms with E-state index < -0.39 is 5.76 Å². The van der Waals surface area contributed by atoms with Crippen LogP contribution in [0.1, 0.15) is 6.42 Å². The molecule has 7 heteroatoms. The minimum absolute atomic E-state index is 0.132. The Labute approximate surface area is 142 Å². The van der Waals surface area contributed by atoms with Gasteiger partial charge < -0.3 is 14.5 Å². The van der Waals surface area contributed by atoms with Crippen molar-refractivity contribution in [1.82, 2.24) is 4.57 Å². The Morgan fingerprint density at radius 1 is 1.29 bits per heavy atom. The second-order valence-corrected chi connectivity index (χ2v) is 5.54. The number of amides is 1. The monoisotopic (exact) mass is 346 g/mol. The summed E-state index contributed by atoms with van der Waals surface area (Å²) in [5.74, 6) is -0.170. The molecule has 6 nitrogen and oxygen atoms in total. The van der Waals surface area contributed by atoms with Crippen molar-refractivity contribution in [3.63, 3.8) is 0 Å². The van der Waals surface area contributed by atoms with E-state index >= 15 is 0 Å². The highest BCUT2D eigenvalue weighted by atomic mass is 35.5. The van der Waals surface area contributed by atoms with Gasteiger partial charge in [-0.2, -0.15) is 0 Å². The van der Waals surface area contributed by atoms with Gasteiger partial charge in [0.15, 0.2) is 5.58 Å². The van der Waals surface area contributed by atoms with Crippen LogP contribution in [-0.2, 0) is 11.3 Å². The van der Waals surface area contributed by atoms with Gasteiger partial charge >= 0.3 is 5.76 Å². The molecule has 0 spiro atoms. The minimum atomic E-state index is -0.475. The van der Waals surface area contributed by atoms with Crippen LogP contribution in [-0.4, -0.2) is 17.6 Å². The minimum Gasteiger partial charge on any atom is -0.495 e. The number of hydrogen-bond donors (Lipinski definition) is 1. The van der Waals surface area contributed by atoms with E-state index in [9.17, 15) is 9.59 Å². The number of halogens is 1. The number of methoxy groups -OCH3 is 1. The molecular formula is C17H15ClN2O4. The summed E-state index contributed by atoms with van der Waals surface area (Å²) in [6, 6.07) is 12.1. The van der Waals surface area contributed by atoms with Crippen LogP contribution in [0, 0.1) is 0 Å². The molecule has 1 N–H and O–H groups in total. The van der Waals surface area contributed by atoms with Crippen LogP contribution in [0.2, 0.25) is 5.02 Å². The molecule has 3 aromatic rings. The molecule has 0 aliphatic carbocycles. The van der Waals surface area contributed by atoms with Crippen LogP contribution >= 0.6 is 11.6 Å². The Morgan fingerprint density at radius 2 is 2.08 bits per heavy atom. The van der Waals surface area contributed by atoms with Crippen molar-refractivity contribution in [3.8, 4) is 5.75 Å². The number of benzene rings is 2. The number of aryl methyl sites for hydroxylation is 1. The molecule has 0 fully saturated rings. The first-order chi connectivity index (χ1) is 11.6. The number of ether oxygens (including phenoxy) is 1. The molecule has 124 valence electrons. The molecule has 0 saturated carbocycles. The molecule has 0 aliphatic heterocycles. The van der Waals surface area contributed by atoms with Crippen LogP contribution < -0.4 is 15.8 Å². The summed E-state index contributed by atoms with van der Waals surface area (Å²) in [7, 11) is 1.52. The van der Waals surface area contributed by atoms with Gasteiger partial charge in [-0.15, -0.1) is 0 Å². The number of nitrogens with one attached hydrogen (secondary N) is 1. The topological polar surface area (TPSA) is 73.5 Å². The Balaban J connectivity index is 1.68. The van der Waals surface area contributed by atoms with Crippen LogP contribution in [0.15, 0.2) is 51.7 Å². The zero-order valence-electron chi connectivity index (χ0n) is 12.9. The van der Waals surface area contributed by atoms with Gasteiger partial charge in [-0.1, -0.05) is 23.7 Å². The van der Waals surface area contributed by atoms with Gasteiger partial charge in [0, 0.05) is 18.7 Å². The van der Waals surface area contributed by atoms with Crippen molar-refractivity contribution >= 4 is 34.3 Å². The van der Waals surface area contributed by atoms with Crippen molar-refractivity contribution in [2.75, 3.05) is 12.4 Å². The molecule has 1 amide bonds. The molecule has 0 aliphatic rings. The first kappa shape index (κ1) is 16.1. The average Bonchev–Trinajstić information content (AvgIpc) is 2.88. The van der Waals surface area contributed by atoms with Gasteiger partial charge in [0.05, 0.1) is 17.6 Å². The number of hydrogen-bond acceptors (Lipinski definition) is 4. The third kappa shape index (κ3) is 3.28. The standard InChI is InChI=1S/C17H15ClN2O4/c1-23-14-7-6-11(10-12(14)18)19-16(21)8-9-20-13-4-2-3-5-15(13)24-17(20)22/h2-7,10H,8-9H2,1H3,(H,19,21). The zero-order chi connectivity index (χ0) is 17.1. The number of nitrogens with zero attached hydrogens (tertiary/aromatic N) is 1. The van der Waals surface area contributed by atoms with Gasteiger partial charge in [0.2, 0.25) is 5.91 Å². The lowest BCUT2D eigenvalue weighted by atomic mass is 10.3. The van der Waals surface area contributed by atoms with Crippen LogP contribution in [0.25, 0.3) is 11.1 Å². The predicted octanol–water partition coefficient (Wildman–Crippen LogP) is 3.29. The second-order valence-electron chi connectivity index (χ2n) is 5.13. The molecule has 24 heavy (non-hydrogen) atoms. The van der Waals surface area contributed by atoms with Gasteiger partial charge in [0.1, 0.15) is 5.75 Å². The SMILES string of the molecule is COc1ccc(NC(=O)CCn2c(=O)oc3ccccc32)cc1Cl. The molecule has 0 radical (unpaired) electrons. The number of para-hydroxylation sites is 2. The summed E-state index contributed by atoms with van der Waals surface area (Å²) in [6.45, 7) is 0.228. The van der Waals surface area contributed by atoms with Crippen LogP contribution in [0.3, 0.4) is 0 Å². The molecule has 1 aromatic heterocycles. The third-order valence-corrected chi connectivity index (χ3v) is 3.87. The largest absolute Gasteiger partial charge is 0.495 e. The number of oxazole rings is 1. The van der Waals surface area contributed by atoms with E-state index in [-0.39, 0.29) is 18.9 Å². The number of anilines is 1. The second kappa shape index (κ2) is 6.80. The predicted molar refractivity (Wildman–Crippen MR) is 91.7 cm³/mol. The first-order valence-electron chi connectivity index (χ1n) is 7.30. The Kier molecular flexibility index (Phi) is 4.57. The van der Waals surface area contributed by atoms with Crippen LogP contribution in [0.5, 0.6) is 5.75 Å². The molecule has 0 bridgehead atoms. The Hall–Kier alpha value is -2.73.